The molecule has 1 unspecified atom stereocenters. The van der Waals surface area contributed by atoms with Crippen molar-refractivity contribution >= 4 is 15.9 Å². The number of likely N-dealkylation sites (N-methyl/N-ethyl adjacent to an activating group) is 1. The summed E-state index contributed by atoms with van der Waals surface area (Å²) in [5, 5.41) is 3.27. The van der Waals surface area contributed by atoms with Crippen LogP contribution in [0.1, 0.15) is 62.3 Å². The predicted octanol–water partition coefficient (Wildman–Crippen LogP) is 6.24. The summed E-state index contributed by atoms with van der Waals surface area (Å²) in [5.41, 5.74) is 3.19. The van der Waals surface area contributed by atoms with Gasteiger partial charge in [0.2, 0.25) is 15.9 Å². The number of rotatable bonds is 14. The Morgan fingerprint density at radius 2 is 1.71 bits per heavy atom. The zero-order chi connectivity index (χ0) is 37.4. The van der Waals surface area contributed by atoms with Crippen molar-refractivity contribution in [3.05, 3.63) is 101 Å². The molecule has 3 saturated carbocycles. The Balaban J connectivity index is 1.24. The fraction of sp³-hybridized carbons (Fsp3) is 0.537. The standard InChI is InChI=1S/C41H54F2N4O4S/c1-27-34-21-31(41(34,2)3)22-36(27)44-40(48)37-17-18-52(49,50)47(37)24-30-14-10-13-29(19-30)23-46(26-33-38(51-6)16-15-35(42)39(33)43)32(25-45(4)5)20-28-11-8-7-9-12-28/h7-16,19,27,31-32,34,36-37H,17-18,20-26H2,1-6H3,(H,44,48)/t27-,31-,32-,34+,36-,37?/m0/s1. The van der Waals surface area contributed by atoms with E-state index in [2.05, 4.69) is 48.0 Å². The normalized spacial score (nSPS) is 25.5. The minimum atomic E-state index is -3.64. The molecule has 0 aromatic heterocycles. The quantitative estimate of drug-likeness (QED) is 0.211. The Morgan fingerprint density at radius 1 is 1.00 bits per heavy atom. The molecule has 2 bridgehead atoms. The lowest BCUT2D eigenvalue weighted by molar-refractivity contribution is -0.136. The lowest BCUT2D eigenvalue weighted by atomic mass is 9.45. The minimum absolute atomic E-state index is 0.0521. The number of fused-ring (bicyclic) bond motifs is 2. The van der Waals surface area contributed by atoms with Crippen LogP contribution in [0, 0.1) is 34.8 Å². The maximum absolute atomic E-state index is 15.4. The van der Waals surface area contributed by atoms with E-state index in [1.807, 2.05) is 56.6 Å². The highest BCUT2D eigenvalue weighted by Crippen LogP contribution is 2.61. The molecule has 7 rings (SSSR count). The maximum Gasteiger partial charge on any atom is 0.238 e. The van der Waals surface area contributed by atoms with E-state index < -0.39 is 27.7 Å². The summed E-state index contributed by atoms with van der Waals surface area (Å²) in [6.45, 7) is 8.05. The SMILES string of the molecule is COc1ccc(F)c(F)c1CN(Cc1cccc(CN2C(C(=O)N[C@H]3C[C@@H]4C[C@H]([C@@H]3C)C4(C)C)CCS2(=O)=O)c1)[C@@H](Cc1ccccc1)CN(C)C. The molecule has 1 N–H and O–H groups in total. The number of hydrogen-bond donors (Lipinski definition) is 1. The molecule has 6 atom stereocenters. The molecule has 0 radical (unpaired) electrons. The molecule has 8 nitrogen and oxygen atoms in total. The number of nitrogens with one attached hydrogen (secondary N) is 1. The molecule has 4 fully saturated rings. The smallest absolute Gasteiger partial charge is 0.238 e. The molecule has 0 spiro atoms. The van der Waals surface area contributed by atoms with Gasteiger partial charge >= 0.3 is 0 Å². The zero-order valence-corrected chi connectivity index (χ0v) is 32.1. The van der Waals surface area contributed by atoms with Crippen molar-refractivity contribution in [1.29, 1.82) is 0 Å². The summed E-state index contributed by atoms with van der Waals surface area (Å²) < 4.78 is 63.6. The molecule has 282 valence electrons. The van der Waals surface area contributed by atoms with Gasteiger partial charge in [0, 0.05) is 43.8 Å². The summed E-state index contributed by atoms with van der Waals surface area (Å²) >= 11 is 0. The van der Waals surface area contributed by atoms with Gasteiger partial charge in [-0.15, -0.1) is 0 Å². The Labute approximate surface area is 308 Å². The van der Waals surface area contributed by atoms with Gasteiger partial charge in [0.05, 0.1) is 12.9 Å². The molecular weight excluding hydrogens is 683 g/mol. The summed E-state index contributed by atoms with van der Waals surface area (Å²) in [5.74, 6) is -0.398. The number of amides is 1. The van der Waals surface area contributed by atoms with E-state index >= 15 is 4.39 Å². The number of carbonyl (C=O) groups excluding carboxylic acids is 1. The number of benzene rings is 3. The second-order valence-corrected chi connectivity index (χ2v) is 18.2. The minimum Gasteiger partial charge on any atom is -0.496 e. The maximum atomic E-state index is 15.4. The van der Waals surface area contributed by atoms with Crippen molar-refractivity contribution in [3.8, 4) is 5.75 Å². The average molecular weight is 737 g/mol. The number of ether oxygens (including phenoxy) is 1. The van der Waals surface area contributed by atoms with Gasteiger partial charge in [-0.25, -0.2) is 17.2 Å². The average Bonchev–Trinajstić information content (AvgIpc) is 3.40. The number of carbonyl (C=O) groups is 1. The van der Waals surface area contributed by atoms with Gasteiger partial charge in [0.25, 0.3) is 0 Å². The van der Waals surface area contributed by atoms with Crippen molar-refractivity contribution < 1.29 is 26.7 Å². The van der Waals surface area contributed by atoms with E-state index in [9.17, 15) is 17.6 Å². The van der Waals surface area contributed by atoms with Crippen molar-refractivity contribution in [2.75, 3.05) is 33.5 Å². The summed E-state index contributed by atoms with van der Waals surface area (Å²) in [6.07, 6.45) is 3.05. The van der Waals surface area contributed by atoms with Gasteiger partial charge in [-0.05, 0) is 91.8 Å². The third-order valence-corrected chi connectivity index (χ3v) is 14.0. The van der Waals surface area contributed by atoms with Crippen molar-refractivity contribution in [1.82, 2.24) is 19.4 Å². The highest BCUT2D eigenvalue weighted by atomic mass is 32.2. The van der Waals surface area contributed by atoms with Crippen LogP contribution in [0.3, 0.4) is 0 Å². The summed E-state index contributed by atoms with van der Waals surface area (Å²) in [4.78, 5) is 18.0. The van der Waals surface area contributed by atoms with E-state index in [1.54, 1.807) is 0 Å². The zero-order valence-electron chi connectivity index (χ0n) is 31.3. The second-order valence-electron chi connectivity index (χ2n) is 16.1. The van der Waals surface area contributed by atoms with Gasteiger partial charge in [-0.2, -0.15) is 4.31 Å². The van der Waals surface area contributed by atoms with Crippen molar-refractivity contribution in [2.45, 2.75) is 84.2 Å². The van der Waals surface area contributed by atoms with E-state index in [4.69, 9.17) is 4.74 Å². The fourth-order valence-corrected chi connectivity index (χ4v) is 10.8. The third kappa shape index (κ3) is 8.07. The molecule has 1 heterocycles. The molecule has 1 amide bonds. The van der Waals surface area contributed by atoms with Crippen LogP contribution in [-0.2, 0) is 40.9 Å². The van der Waals surface area contributed by atoms with Gasteiger partial charge < -0.3 is 15.0 Å². The van der Waals surface area contributed by atoms with Crippen LogP contribution < -0.4 is 10.1 Å². The van der Waals surface area contributed by atoms with E-state index in [1.165, 1.54) is 23.9 Å². The Bertz CT molecular complexity index is 1840. The third-order valence-electron chi connectivity index (χ3n) is 12.2. The number of methoxy groups -OCH3 is 1. The van der Waals surface area contributed by atoms with Crippen molar-refractivity contribution in [3.63, 3.8) is 0 Å². The molecule has 52 heavy (non-hydrogen) atoms. The largest absolute Gasteiger partial charge is 0.496 e. The van der Waals surface area contributed by atoms with E-state index in [-0.39, 0.29) is 60.0 Å². The molecular formula is C41H54F2N4O4S. The monoisotopic (exact) mass is 736 g/mol. The van der Waals surface area contributed by atoms with Gasteiger partial charge in [0.1, 0.15) is 11.8 Å². The first-order valence-electron chi connectivity index (χ1n) is 18.5. The summed E-state index contributed by atoms with van der Waals surface area (Å²) in [7, 11) is 1.78. The first kappa shape index (κ1) is 38.3. The Kier molecular flexibility index (Phi) is 11.5. The van der Waals surface area contributed by atoms with Gasteiger partial charge in [-0.3, -0.25) is 9.69 Å². The predicted molar refractivity (Wildman–Crippen MR) is 200 cm³/mol. The topological polar surface area (TPSA) is 82.2 Å². The molecule has 11 heteroatoms. The van der Waals surface area contributed by atoms with Crippen LogP contribution in [0.5, 0.6) is 5.75 Å². The van der Waals surface area contributed by atoms with Gasteiger partial charge in [-0.1, -0.05) is 75.4 Å². The van der Waals surface area contributed by atoms with Gasteiger partial charge in [0.15, 0.2) is 11.6 Å². The number of sulfonamides is 1. The molecule has 3 aliphatic carbocycles. The lowest BCUT2D eigenvalue weighted by Crippen LogP contribution is -2.61. The highest BCUT2D eigenvalue weighted by molar-refractivity contribution is 7.89. The number of hydrogen-bond acceptors (Lipinski definition) is 6. The fourth-order valence-electron chi connectivity index (χ4n) is 9.09. The first-order chi connectivity index (χ1) is 24.7. The van der Waals surface area contributed by atoms with Crippen LogP contribution >= 0.6 is 0 Å². The van der Waals surface area contributed by atoms with Crippen LogP contribution in [0.2, 0.25) is 0 Å². The highest BCUT2D eigenvalue weighted by Gasteiger charge is 2.56. The van der Waals surface area contributed by atoms with E-state index in [0.29, 0.717) is 37.3 Å². The first-order valence-corrected chi connectivity index (χ1v) is 20.1. The van der Waals surface area contributed by atoms with Crippen LogP contribution in [-0.4, -0.2) is 80.1 Å². The number of halogens is 2. The number of nitrogens with zero attached hydrogens (tertiary/aromatic N) is 3. The Morgan fingerprint density at radius 3 is 2.38 bits per heavy atom. The van der Waals surface area contributed by atoms with E-state index in [0.717, 1.165) is 29.2 Å². The molecule has 3 aromatic carbocycles. The summed E-state index contributed by atoms with van der Waals surface area (Å²) in [6, 6.07) is 19.5. The lowest BCUT2D eigenvalue weighted by Gasteiger charge is -2.62. The van der Waals surface area contributed by atoms with Crippen LogP contribution in [0.25, 0.3) is 0 Å². The van der Waals surface area contributed by atoms with Crippen molar-refractivity contribution in [2.24, 2.45) is 23.2 Å². The molecule has 1 aliphatic heterocycles. The molecule has 4 aliphatic rings. The Hall–Kier alpha value is -3.38. The molecule has 3 aromatic rings. The van der Waals surface area contributed by atoms with Crippen LogP contribution in [0.15, 0.2) is 66.7 Å². The second kappa shape index (κ2) is 15.5. The van der Waals surface area contributed by atoms with Crippen LogP contribution in [0.4, 0.5) is 8.78 Å². The molecule has 1 saturated heterocycles.